The highest BCUT2D eigenvalue weighted by atomic mass is 35.5. The maximum atomic E-state index is 12.7. The zero-order valence-corrected chi connectivity index (χ0v) is 14.5. The minimum absolute atomic E-state index is 0.141. The normalized spacial score (nSPS) is 20.8. The number of nitrogens with zero attached hydrogens (tertiary/aromatic N) is 2. The molecular formula is C13H21ClN2O2S2. The fourth-order valence-electron chi connectivity index (χ4n) is 2.24. The number of aromatic nitrogens is 1. The number of halogens is 1. The topological polar surface area (TPSA) is 42.3 Å². The van der Waals surface area contributed by atoms with Crippen LogP contribution in [0.2, 0.25) is 0 Å². The molecular weight excluding hydrogens is 316 g/mol. The molecule has 4 nitrogen and oxygen atoms in total. The molecule has 114 valence electrons. The van der Waals surface area contributed by atoms with E-state index in [9.17, 15) is 8.42 Å². The molecule has 7 heteroatoms. The largest absolute Gasteiger partial charge is 0.352 e. The Balaban J connectivity index is 2.25. The third-order valence-electron chi connectivity index (χ3n) is 3.65. The highest BCUT2D eigenvalue weighted by Crippen LogP contribution is 2.32. The van der Waals surface area contributed by atoms with Gasteiger partial charge in [0.05, 0.1) is 5.88 Å². The fraction of sp³-hybridized carbons (Fsp3) is 0.692. The van der Waals surface area contributed by atoms with Crippen LogP contribution in [0.4, 0.5) is 0 Å². The van der Waals surface area contributed by atoms with Gasteiger partial charge < -0.3 is 4.57 Å². The van der Waals surface area contributed by atoms with Gasteiger partial charge in [-0.1, -0.05) is 13.8 Å². The summed E-state index contributed by atoms with van der Waals surface area (Å²) in [6, 6.07) is 1.67. The smallest absolute Gasteiger partial charge is 0.244 e. The van der Waals surface area contributed by atoms with Crippen LogP contribution in [-0.2, 0) is 23.0 Å². The van der Waals surface area contributed by atoms with E-state index in [1.165, 1.54) is 0 Å². The molecule has 0 bridgehead atoms. The molecule has 0 radical (unpaired) electrons. The van der Waals surface area contributed by atoms with E-state index in [1.54, 1.807) is 21.1 Å². The van der Waals surface area contributed by atoms with Gasteiger partial charge in [0.2, 0.25) is 10.0 Å². The Morgan fingerprint density at radius 3 is 2.70 bits per heavy atom. The first-order valence-electron chi connectivity index (χ1n) is 6.61. The van der Waals surface area contributed by atoms with Crippen molar-refractivity contribution in [3.63, 3.8) is 0 Å². The predicted molar refractivity (Wildman–Crippen MR) is 84.9 cm³/mol. The van der Waals surface area contributed by atoms with Gasteiger partial charge in [0.25, 0.3) is 0 Å². The van der Waals surface area contributed by atoms with Crippen LogP contribution in [-0.4, -0.2) is 40.9 Å². The van der Waals surface area contributed by atoms with E-state index in [2.05, 4.69) is 13.8 Å². The molecule has 1 aliphatic rings. The first-order valence-corrected chi connectivity index (χ1v) is 9.57. The van der Waals surface area contributed by atoms with E-state index < -0.39 is 10.0 Å². The Hall–Kier alpha value is -0.170. The second kappa shape index (κ2) is 5.91. The number of hydrogen-bond acceptors (Lipinski definition) is 3. The highest BCUT2D eigenvalue weighted by molar-refractivity contribution is 8.00. The molecule has 20 heavy (non-hydrogen) atoms. The quantitative estimate of drug-likeness (QED) is 0.797. The third kappa shape index (κ3) is 3.35. The molecule has 0 amide bonds. The van der Waals surface area contributed by atoms with E-state index >= 15 is 0 Å². The molecule has 0 saturated carbocycles. The third-order valence-corrected chi connectivity index (χ3v) is 7.16. The fourth-order valence-corrected chi connectivity index (χ4v) is 5.26. The van der Waals surface area contributed by atoms with Crippen LogP contribution in [0.3, 0.4) is 0 Å². The monoisotopic (exact) mass is 336 g/mol. The molecule has 0 aromatic carbocycles. The lowest BCUT2D eigenvalue weighted by Crippen LogP contribution is -2.33. The van der Waals surface area contributed by atoms with Gasteiger partial charge in [-0.05, 0) is 12.5 Å². The summed E-state index contributed by atoms with van der Waals surface area (Å²) in [7, 11) is -1.59. The molecule has 1 fully saturated rings. The Labute approximate surface area is 130 Å². The molecule has 0 unspecified atom stereocenters. The van der Waals surface area contributed by atoms with Crippen LogP contribution >= 0.6 is 23.4 Å². The molecule has 0 spiro atoms. The number of thioether (sulfide) groups is 1. The van der Waals surface area contributed by atoms with Crippen LogP contribution in [0.5, 0.6) is 0 Å². The maximum absolute atomic E-state index is 12.7. The SMILES string of the molecule is Cn1cc(S(=O)(=O)N2CCSC(C)(C)CC2)cc1CCl. The van der Waals surface area contributed by atoms with Crippen molar-refractivity contribution in [1.29, 1.82) is 0 Å². The number of sulfonamides is 1. The summed E-state index contributed by atoms with van der Waals surface area (Å²) in [5, 5.41) is 0. The van der Waals surface area contributed by atoms with Crippen molar-refractivity contribution in [3.8, 4) is 0 Å². The standard InChI is InChI=1S/C13H21ClN2O2S2/c1-13(2)4-5-16(6-7-19-13)20(17,18)12-8-11(9-14)15(3)10-12/h8,10H,4-7,9H2,1-3H3. The molecule has 1 aliphatic heterocycles. The number of aryl methyl sites for hydroxylation is 1. The number of hydrogen-bond donors (Lipinski definition) is 0. The zero-order valence-electron chi connectivity index (χ0n) is 12.1. The van der Waals surface area contributed by atoms with Crippen molar-refractivity contribution in [1.82, 2.24) is 8.87 Å². The minimum Gasteiger partial charge on any atom is -0.352 e. The van der Waals surface area contributed by atoms with Gasteiger partial charge in [0, 0.05) is 42.5 Å². The van der Waals surface area contributed by atoms with Gasteiger partial charge in [-0.2, -0.15) is 16.1 Å². The average molecular weight is 337 g/mol. The molecule has 0 aliphatic carbocycles. The van der Waals surface area contributed by atoms with Gasteiger partial charge in [-0.3, -0.25) is 0 Å². The highest BCUT2D eigenvalue weighted by Gasteiger charge is 2.31. The number of rotatable bonds is 3. The summed E-state index contributed by atoms with van der Waals surface area (Å²) >= 11 is 7.65. The predicted octanol–water partition coefficient (Wildman–Crippen LogP) is 2.67. The second-order valence-corrected chi connectivity index (χ2v) is 9.68. The first-order chi connectivity index (χ1) is 9.26. The second-order valence-electron chi connectivity index (χ2n) is 5.67. The minimum atomic E-state index is -3.41. The van der Waals surface area contributed by atoms with Gasteiger partial charge in [0.15, 0.2) is 0 Å². The van der Waals surface area contributed by atoms with Crippen molar-refractivity contribution in [2.45, 2.75) is 35.8 Å². The summed E-state index contributed by atoms with van der Waals surface area (Å²) in [4.78, 5) is 0.348. The van der Waals surface area contributed by atoms with Crippen molar-refractivity contribution in [3.05, 3.63) is 18.0 Å². The van der Waals surface area contributed by atoms with Crippen molar-refractivity contribution >= 4 is 33.4 Å². The van der Waals surface area contributed by atoms with Crippen molar-refractivity contribution in [2.75, 3.05) is 18.8 Å². The summed E-state index contributed by atoms with van der Waals surface area (Å²) < 4.78 is 28.9. The van der Waals surface area contributed by atoms with E-state index in [-0.39, 0.29) is 4.75 Å². The van der Waals surface area contributed by atoms with Gasteiger partial charge in [0.1, 0.15) is 4.90 Å². The summed E-state index contributed by atoms with van der Waals surface area (Å²) in [6.07, 6.45) is 2.52. The molecule has 1 aromatic rings. The molecule has 2 heterocycles. The number of alkyl halides is 1. The molecule has 2 rings (SSSR count). The molecule has 0 atom stereocenters. The van der Waals surface area contributed by atoms with E-state index in [1.807, 2.05) is 18.8 Å². The van der Waals surface area contributed by atoms with Crippen molar-refractivity contribution < 1.29 is 8.42 Å². The average Bonchev–Trinajstić information content (AvgIpc) is 2.64. The summed E-state index contributed by atoms with van der Waals surface area (Å²) in [5.74, 6) is 1.15. The van der Waals surface area contributed by atoms with E-state index in [0.717, 1.165) is 17.9 Å². The lowest BCUT2D eigenvalue weighted by molar-refractivity contribution is 0.415. The van der Waals surface area contributed by atoms with Crippen LogP contribution in [0.15, 0.2) is 17.2 Å². The van der Waals surface area contributed by atoms with Crippen molar-refractivity contribution in [2.24, 2.45) is 7.05 Å². The molecule has 0 N–H and O–H groups in total. The van der Waals surface area contributed by atoms with Crippen LogP contribution in [0, 0.1) is 0 Å². The Morgan fingerprint density at radius 2 is 2.10 bits per heavy atom. The van der Waals surface area contributed by atoms with Gasteiger partial charge in [-0.25, -0.2) is 8.42 Å². The molecule has 1 aromatic heterocycles. The van der Waals surface area contributed by atoms with E-state index in [4.69, 9.17) is 11.6 Å². The lowest BCUT2D eigenvalue weighted by Gasteiger charge is -2.22. The van der Waals surface area contributed by atoms with Gasteiger partial charge in [-0.15, -0.1) is 11.6 Å². The van der Waals surface area contributed by atoms with Gasteiger partial charge >= 0.3 is 0 Å². The molecule has 1 saturated heterocycles. The first kappa shape index (κ1) is 16.2. The van der Waals surface area contributed by atoms with Crippen LogP contribution in [0.25, 0.3) is 0 Å². The van der Waals surface area contributed by atoms with Crippen LogP contribution < -0.4 is 0 Å². The summed E-state index contributed by atoms with van der Waals surface area (Å²) in [5.41, 5.74) is 0.815. The Morgan fingerprint density at radius 1 is 1.40 bits per heavy atom. The Kier molecular flexibility index (Phi) is 4.79. The maximum Gasteiger partial charge on any atom is 0.244 e. The zero-order chi connectivity index (χ0) is 15.0. The Bertz CT molecular complexity index is 581. The van der Waals surface area contributed by atoms with E-state index in [0.29, 0.717) is 23.9 Å². The summed E-state index contributed by atoms with van der Waals surface area (Å²) in [6.45, 7) is 5.48. The van der Waals surface area contributed by atoms with Crippen LogP contribution in [0.1, 0.15) is 26.0 Å². The lowest BCUT2D eigenvalue weighted by atomic mass is 10.1.